The third-order valence-corrected chi connectivity index (χ3v) is 2.75. The highest BCUT2D eigenvalue weighted by Gasteiger charge is 2.23. The Balaban J connectivity index is 2.02. The number of hydrogen-bond donors (Lipinski definition) is 2. The first-order chi connectivity index (χ1) is 8.16. The van der Waals surface area contributed by atoms with Gasteiger partial charge in [0.15, 0.2) is 0 Å². The minimum atomic E-state index is -1.13. The Morgan fingerprint density at radius 3 is 3.06 bits per heavy atom. The van der Waals surface area contributed by atoms with Gasteiger partial charge in [-0.1, -0.05) is 0 Å². The predicted molar refractivity (Wildman–Crippen MR) is 59.3 cm³/mol. The molecule has 17 heavy (non-hydrogen) atoms. The number of aryl methyl sites for hydroxylation is 1. The maximum atomic E-state index is 11.5. The molecule has 2 N–H and O–H groups in total. The van der Waals surface area contributed by atoms with Gasteiger partial charge in [0, 0.05) is 24.1 Å². The van der Waals surface area contributed by atoms with Crippen LogP contribution in [0.3, 0.4) is 0 Å². The summed E-state index contributed by atoms with van der Waals surface area (Å²) in [5, 5.41) is 11.2. The van der Waals surface area contributed by atoms with Crippen molar-refractivity contribution >= 4 is 11.9 Å². The molecule has 0 aliphatic heterocycles. The van der Waals surface area contributed by atoms with E-state index >= 15 is 0 Å². The number of carbonyl (C=O) groups is 2. The first-order valence-electron chi connectivity index (χ1n) is 5.44. The van der Waals surface area contributed by atoms with E-state index < -0.39 is 11.9 Å². The molecule has 0 radical (unpaired) electrons. The molecule has 0 saturated heterocycles. The lowest BCUT2D eigenvalue weighted by atomic mass is 9.93. The average Bonchev–Trinajstić information content (AvgIpc) is 2.75. The van der Waals surface area contributed by atoms with Crippen LogP contribution < -0.4 is 5.32 Å². The molecule has 1 heterocycles. The van der Waals surface area contributed by atoms with E-state index in [1.165, 1.54) is 0 Å². The molecule has 2 rings (SSSR count). The Morgan fingerprint density at radius 2 is 2.29 bits per heavy atom. The third-order valence-electron chi connectivity index (χ3n) is 2.75. The average molecular weight is 235 g/mol. The summed E-state index contributed by atoms with van der Waals surface area (Å²) < 4.78 is 5.30. The number of fused-ring (bicyclic) bond motifs is 1. The molecular weight excluding hydrogens is 222 g/mol. The second-order valence-corrected chi connectivity index (χ2v) is 3.92. The summed E-state index contributed by atoms with van der Waals surface area (Å²) in [4.78, 5) is 21.7. The van der Waals surface area contributed by atoms with Gasteiger partial charge in [-0.2, -0.15) is 0 Å². The molecule has 1 aliphatic carbocycles. The molecule has 1 amide bonds. The van der Waals surface area contributed by atoms with E-state index in [4.69, 9.17) is 9.52 Å². The number of carboxylic acid groups (broad SMARTS) is 1. The van der Waals surface area contributed by atoms with Crippen LogP contribution in [0.5, 0.6) is 0 Å². The number of hydrogen-bond acceptors (Lipinski definition) is 3. The van der Waals surface area contributed by atoms with Crippen LogP contribution in [0.25, 0.3) is 0 Å². The number of furan rings is 1. The van der Waals surface area contributed by atoms with Gasteiger partial charge in [0.2, 0.25) is 5.91 Å². The largest absolute Gasteiger partial charge is 0.478 e. The quantitative estimate of drug-likeness (QED) is 0.776. The number of rotatable bonds is 3. The summed E-state index contributed by atoms with van der Waals surface area (Å²) in [5.74, 6) is -0.622. The molecule has 0 bridgehead atoms. The van der Waals surface area contributed by atoms with E-state index in [0.29, 0.717) is 0 Å². The molecule has 1 unspecified atom stereocenters. The number of carbonyl (C=O) groups excluding carboxylic acids is 1. The Hall–Kier alpha value is -2.04. The van der Waals surface area contributed by atoms with Crippen molar-refractivity contribution in [3.63, 3.8) is 0 Å². The maximum Gasteiger partial charge on any atom is 0.328 e. The zero-order valence-corrected chi connectivity index (χ0v) is 9.18. The lowest BCUT2D eigenvalue weighted by molar-refractivity contribution is -0.131. The van der Waals surface area contributed by atoms with Gasteiger partial charge in [0.05, 0.1) is 12.3 Å². The molecule has 0 fully saturated rings. The molecule has 1 aliphatic rings. The first-order valence-corrected chi connectivity index (χ1v) is 5.44. The number of carboxylic acids is 1. The van der Waals surface area contributed by atoms with Crippen LogP contribution in [0.1, 0.15) is 30.2 Å². The molecule has 1 aromatic heterocycles. The van der Waals surface area contributed by atoms with Crippen molar-refractivity contribution in [3.8, 4) is 0 Å². The zero-order valence-electron chi connectivity index (χ0n) is 9.18. The Labute approximate surface area is 98.1 Å². The SMILES string of the molecule is O=C(O)/C=C/C(=O)NC1CCCc2occc21. The maximum absolute atomic E-state index is 11.5. The van der Waals surface area contributed by atoms with Crippen molar-refractivity contribution < 1.29 is 19.1 Å². The van der Waals surface area contributed by atoms with Crippen LogP contribution >= 0.6 is 0 Å². The molecular formula is C12H13NO4. The van der Waals surface area contributed by atoms with E-state index in [2.05, 4.69) is 5.32 Å². The lowest BCUT2D eigenvalue weighted by Crippen LogP contribution is -2.29. The van der Waals surface area contributed by atoms with Crippen LogP contribution in [0, 0.1) is 0 Å². The molecule has 90 valence electrons. The highest BCUT2D eigenvalue weighted by atomic mass is 16.4. The summed E-state index contributed by atoms with van der Waals surface area (Å²) >= 11 is 0. The lowest BCUT2D eigenvalue weighted by Gasteiger charge is -2.21. The monoisotopic (exact) mass is 235 g/mol. The van der Waals surface area contributed by atoms with Gasteiger partial charge in [-0.05, 0) is 18.9 Å². The van der Waals surface area contributed by atoms with Gasteiger partial charge < -0.3 is 14.8 Å². The highest BCUT2D eigenvalue weighted by molar-refractivity contribution is 5.94. The van der Waals surface area contributed by atoms with Crippen molar-refractivity contribution in [2.24, 2.45) is 0 Å². The standard InChI is InChI=1S/C12H13NO4/c14-11(4-5-12(15)16)13-9-2-1-3-10-8(9)6-7-17-10/h4-7,9H,1-3H2,(H,13,14)(H,15,16)/b5-4+. The number of aliphatic carboxylic acids is 1. The summed E-state index contributed by atoms with van der Waals surface area (Å²) in [6, 6.07) is 1.77. The molecule has 1 atom stereocenters. The van der Waals surface area contributed by atoms with Crippen LogP contribution in [-0.2, 0) is 16.0 Å². The van der Waals surface area contributed by atoms with E-state index in [1.54, 1.807) is 6.26 Å². The molecule has 1 aromatic rings. The second-order valence-electron chi connectivity index (χ2n) is 3.92. The van der Waals surface area contributed by atoms with E-state index in [0.717, 1.165) is 42.7 Å². The van der Waals surface area contributed by atoms with Crippen molar-refractivity contribution in [2.45, 2.75) is 25.3 Å². The third kappa shape index (κ3) is 2.75. The fourth-order valence-electron chi connectivity index (χ4n) is 2.00. The number of nitrogens with one attached hydrogen (secondary N) is 1. The fraction of sp³-hybridized carbons (Fsp3) is 0.333. The normalized spacial score (nSPS) is 18.9. The minimum absolute atomic E-state index is 0.0801. The summed E-state index contributed by atoms with van der Waals surface area (Å²) in [7, 11) is 0. The van der Waals surface area contributed by atoms with Crippen LogP contribution in [-0.4, -0.2) is 17.0 Å². The Kier molecular flexibility index (Phi) is 3.27. The van der Waals surface area contributed by atoms with E-state index in [9.17, 15) is 9.59 Å². The summed E-state index contributed by atoms with van der Waals surface area (Å²) in [6.45, 7) is 0. The Bertz CT molecular complexity index is 461. The van der Waals surface area contributed by atoms with Crippen molar-refractivity contribution in [1.82, 2.24) is 5.32 Å². The second kappa shape index (κ2) is 4.86. The first kappa shape index (κ1) is 11.4. The van der Waals surface area contributed by atoms with Gasteiger partial charge in [-0.15, -0.1) is 0 Å². The van der Waals surface area contributed by atoms with E-state index in [1.807, 2.05) is 6.07 Å². The summed E-state index contributed by atoms with van der Waals surface area (Å²) in [6.07, 6.45) is 6.15. The predicted octanol–water partition coefficient (Wildman–Crippen LogP) is 1.41. The van der Waals surface area contributed by atoms with Crippen LogP contribution in [0.2, 0.25) is 0 Å². The van der Waals surface area contributed by atoms with Gasteiger partial charge >= 0.3 is 5.97 Å². The highest BCUT2D eigenvalue weighted by Crippen LogP contribution is 2.30. The van der Waals surface area contributed by atoms with Gasteiger partial charge in [-0.3, -0.25) is 4.79 Å². The minimum Gasteiger partial charge on any atom is -0.478 e. The molecule has 0 aromatic carbocycles. The summed E-state index contributed by atoms with van der Waals surface area (Å²) in [5.41, 5.74) is 0.994. The van der Waals surface area contributed by atoms with Gasteiger partial charge in [-0.25, -0.2) is 4.79 Å². The van der Waals surface area contributed by atoms with Crippen molar-refractivity contribution in [3.05, 3.63) is 35.8 Å². The van der Waals surface area contributed by atoms with Crippen LogP contribution in [0.4, 0.5) is 0 Å². The zero-order chi connectivity index (χ0) is 12.3. The smallest absolute Gasteiger partial charge is 0.328 e. The van der Waals surface area contributed by atoms with Crippen LogP contribution in [0.15, 0.2) is 28.9 Å². The molecule has 5 heteroatoms. The molecule has 0 spiro atoms. The van der Waals surface area contributed by atoms with Crippen molar-refractivity contribution in [2.75, 3.05) is 0 Å². The molecule has 5 nitrogen and oxygen atoms in total. The van der Waals surface area contributed by atoms with Gasteiger partial charge in [0.1, 0.15) is 5.76 Å². The number of amides is 1. The molecule has 0 saturated carbocycles. The Morgan fingerprint density at radius 1 is 1.47 bits per heavy atom. The topological polar surface area (TPSA) is 79.5 Å². The van der Waals surface area contributed by atoms with Gasteiger partial charge in [0.25, 0.3) is 0 Å². The van der Waals surface area contributed by atoms with E-state index in [-0.39, 0.29) is 6.04 Å². The van der Waals surface area contributed by atoms with Crippen molar-refractivity contribution in [1.29, 1.82) is 0 Å². The fourth-order valence-corrected chi connectivity index (χ4v) is 2.00.